The molecule has 27 heavy (non-hydrogen) atoms. The molecular formula is C15H20N4O6S2. The Morgan fingerprint density at radius 3 is 1.85 bits per heavy atom. The van der Waals surface area contributed by atoms with Gasteiger partial charge in [0.1, 0.15) is 22.1 Å². The molecule has 2 rings (SSSR count). The van der Waals surface area contributed by atoms with Crippen molar-refractivity contribution in [1.29, 1.82) is 0 Å². The van der Waals surface area contributed by atoms with Gasteiger partial charge >= 0.3 is 0 Å². The molecule has 148 valence electrons. The minimum Gasteiger partial charge on any atom is -0.497 e. The summed E-state index contributed by atoms with van der Waals surface area (Å²) in [6.07, 6.45) is 2.17. The van der Waals surface area contributed by atoms with Crippen LogP contribution in [0.25, 0.3) is 0 Å². The molecule has 0 radical (unpaired) electrons. The summed E-state index contributed by atoms with van der Waals surface area (Å²) in [7, 11) is -4.23. The fourth-order valence-corrected chi connectivity index (χ4v) is 4.50. The first-order valence-electron chi connectivity index (χ1n) is 7.63. The molecular weight excluding hydrogens is 396 g/mol. The molecule has 1 amide bonds. The van der Waals surface area contributed by atoms with Gasteiger partial charge in [-0.1, -0.05) is 0 Å². The van der Waals surface area contributed by atoms with Gasteiger partial charge in [-0.25, -0.2) is 26.3 Å². The van der Waals surface area contributed by atoms with Gasteiger partial charge in [-0.15, -0.1) is 0 Å². The molecule has 1 heterocycles. The number of carbonyl (C=O) groups excluding carboxylic acids is 1. The van der Waals surface area contributed by atoms with Crippen molar-refractivity contribution in [3.8, 4) is 5.75 Å². The van der Waals surface area contributed by atoms with Crippen LogP contribution in [0.4, 0.5) is 5.69 Å². The highest BCUT2D eigenvalue weighted by atomic mass is 32.2. The maximum absolute atomic E-state index is 12.2. The highest BCUT2D eigenvalue weighted by Gasteiger charge is 2.27. The maximum atomic E-state index is 12.2. The molecule has 0 fully saturated rings. The van der Waals surface area contributed by atoms with E-state index in [-0.39, 0.29) is 6.54 Å². The Bertz CT molecular complexity index is 975. The van der Waals surface area contributed by atoms with E-state index >= 15 is 0 Å². The largest absolute Gasteiger partial charge is 0.497 e. The van der Waals surface area contributed by atoms with Crippen molar-refractivity contribution in [3.63, 3.8) is 0 Å². The van der Waals surface area contributed by atoms with Gasteiger partial charge in [-0.2, -0.15) is 0 Å². The molecule has 0 unspecified atom stereocenters. The van der Waals surface area contributed by atoms with E-state index < -0.39 is 35.7 Å². The third kappa shape index (κ3) is 4.86. The first-order chi connectivity index (χ1) is 12.6. The molecule has 0 saturated heterocycles. The van der Waals surface area contributed by atoms with Crippen LogP contribution in [-0.4, -0.2) is 48.5 Å². The van der Waals surface area contributed by atoms with E-state index in [0.717, 1.165) is 12.4 Å². The number of aromatic nitrogens is 1. The van der Waals surface area contributed by atoms with Gasteiger partial charge in [0, 0.05) is 18.1 Å². The lowest BCUT2D eigenvalue weighted by Crippen LogP contribution is -2.24. The van der Waals surface area contributed by atoms with E-state index in [0.29, 0.717) is 11.4 Å². The van der Waals surface area contributed by atoms with Crippen LogP contribution in [0.3, 0.4) is 0 Å². The number of ether oxygens (including phenoxy) is 1. The van der Waals surface area contributed by atoms with E-state index in [1.54, 1.807) is 24.3 Å². The summed E-state index contributed by atoms with van der Waals surface area (Å²) in [6.45, 7) is -0.280. The number of nitrogens with zero attached hydrogens (tertiary/aromatic N) is 1. The van der Waals surface area contributed by atoms with Gasteiger partial charge in [0.25, 0.3) is 0 Å². The lowest BCUT2D eigenvalue weighted by Gasteiger charge is -2.07. The molecule has 10 nitrogen and oxygen atoms in total. The van der Waals surface area contributed by atoms with Crippen LogP contribution in [0.15, 0.2) is 46.5 Å². The van der Waals surface area contributed by atoms with Crippen LogP contribution >= 0.6 is 0 Å². The van der Waals surface area contributed by atoms with Crippen LogP contribution in [0, 0.1) is 0 Å². The molecule has 0 spiro atoms. The number of anilines is 1. The van der Waals surface area contributed by atoms with Crippen LogP contribution in [0.1, 0.15) is 0 Å². The second-order valence-corrected chi connectivity index (χ2v) is 9.06. The summed E-state index contributed by atoms with van der Waals surface area (Å²) < 4.78 is 58.8. The number of rotatable bonds is 8. The zero-order chi connectivity index (χ0) is 20.2. The molecule has 2 aromatic rings. The van der Waals surface area contributed by atoms with E-state index in [2.05, 4.69) is 14.8 Å². The van der Waals surface area contributed by atoms with Gasteiger partial charge in [0.15, 0.2) is 0 Å². The Hall–Kier alpha value is -2.41. The molecule has 3 N–H and O–H groups in total. The van der Waals surface area contributed by atoms with Gasteiger partial charge < -0.3 is 14.6 Å². The third-order valence-corrected chi connectivity index (χ3v) is 6.64. The van der Waals surface area contributed by atoms with E-state index in [4.69, 9.17) is 4.74 Å². The number of sulfonamides is 2. The lowest BCUT2D eigenvalue weighted by atomic mass is 10.3. The third-order valence-electron chi connectivity index (χ3n) is 3.63. The summed E-state index contributed by atoms with van der Waals surface area (Å²) in [5.74, 6) is 0.166. The summed E-state index contributed by atoms with van der Waals surface area (Å²) in [5.41, 5.74) is 0.513. The summed E-state index contributed by atoms with van der Waals surface area (Å²) in [6, 6.07) is 6.61. The average molecular weight is 416 g/mol. The van der Waals surface area contributed by atoms with Crippen molar-refractivity contribution < 1.29 is 26.4 Å². The van der Waals surface area contributed by atoms with Crippen LogP contribution in [0.2, 0.25) is 0 Å². The maximum Gasteiger partial charge on any atom is 0.244 e. The first kappa shape index (κ1) is 20.9. The number of nitrogens with one attached hydrogen (secondary N) is 3. The smallest absolute Gasteiger partial charge is 0.244 e. The normalized spacial score (nSPS) is 12.0. The lowest BCUT2D eigenvalue weighted by molar-refractivity contribution is -0.116. The SMILES string of the molecule is CNS(=O)(=O)c1cn(CC(=O)Nc2ccc(OC)cc2)cc1S(=O)(=O)NC. The number of carbonyl (C=O) groups is 1. The average Bonchev–Trinajstić information content (AvgIpc) is 3.07. The van der Waals surface area contributed by atoms with Crippen molar-refractivity contribution in [3.05, 3.63) is 36.7 Å². The van der Waals surface area contributed by atoms with Crippen molar-refractivity contribution in [2.24, 2.45) is 0 Å². The fraction of sp³-hybridized carbons (Fsp3) is 0.267. The Labute approximate surface area is 157 Å². The van der Waals surface area contributed by atoms with Gasteiger partial charge in [-0.3, -0.25) is 4.79 Å². The molecule has 12 heteroatoms. The predicted molar refractivity (Wildman–Crippen MR) is 98.5 cm³/mol. The number of hydrogen-bond acceptors (Lipinski definition) is 6. The van der Waals surface area contributed by atoms with Crippen LogP contribution in [0.5, 0.6) is 5.75 Å². The summed E-state index contributed by atoms with van der Waals surface area (Å²) in [5, 5.41) is 2.63. The summed E-state index contributed by atoms with van der Waals surface area (Å²) in [4.78, 5) is 11.3. The van der Waals surface area contributed by atoms with Gasteiger partial charge in [0.05, 0.1) is 7.11 Å². The minimum atomic E-state index is -4.04. The van der Waals surface area contributed by atoms with Crippen molar-refractivity contribution in [2.45, 2.75) is 16.3 Å². The molecule has 0 bridgehead atoms. The van der Waals surface area contributed by atoms with Crippen molar-refractivity contribution in [2.75, 3.05) is 26.5 Å². The molecule has 0 aliphatic heterocycles. The Kier molecular flexibility index (Phi) is 6.26. The number of methoxy groups -OCH3 is 1. The monoisotopic (exact) mass is 416 g/mol. The van der Waals surface area contributed by atoms with Crippen molar-refractivity contribution >= 4 is 31.6 Å². The minimum absolute atomic E-state index is 0.280. The second kappa shape index (κ2) is 8.08. The molecule has 0 atom stereocenters. The molecule has 1 aromatic heterocycles. The Morgan fingerprint density at radius 2 is 1.44 bits per heavy atom. The van der Waals surface area contributed by atoms with Crippen molar-refractivity contribution in [1.82, 2.24) is 14.0 Å². The van der Waals surface area contributed by atoms with Crippen LogP contribution in [-0.2, 0) is 31.4 Å². The molecule has 0 aliphatic carbocycles. The zero-order valence-corrected chi connectivity index (χ0v) is 16.5. The molecule has 0 aliphatic rings. The Morgan fingerprint density at radius 1 is 0.963 bits per heavy atom. The number of hydrogen-bond donors (Lipinski definition) is 3. The second-order valence-electron chi connectivity index (χ2n) is 5.35. The zero-order valence-electron chi connectivity index (χ0n) is 14.9. The standard InChI is InChI=1S/C15H20N4O6S2/c1-16-26(21,22)13-8-19(9-14(13)27(23,24)17-2)10-15(20)18-11-4-6-12(25-3)7-5-11/h4-9,16-17H,10H2,1-3H3,(H,18,20). The first-order valence-corrected chi connectivity index (χ1v) is 10.6. The Balaban J connectivity index is 2.28. The van der Waals surface area contributed by atoms with Gasteiger partial charge in [-0.05, 0) is 38.4 Å². The van der Waals surface area contributed by atoms with E-state index in [1.807, 2.05) is 0 Å². The highest BCUT2D eigenvalue weighted by molar-refractivity contribution is 7.92. The quantitative estimate of drug-likeness (QED) is 0.552. The van der Waals surface area contributed by atoms with Gasteiger partial charge in [0.2, 0.25) is 26.0 Å². The number of benzene rings is 1. The van der Waals surface area contributed by atoms with Crippen LogP contribution < -0.4 is 19.5 Å². The molecule has 0 saturated carbocycles. The summed E-state index contributed by atoms with van der Waals surface area (Å²) >= 11 is 0. The molecule has 1 aromatic carbocycles. The predicted octanol–water partition coefficient (Wildman–Crippen LogP) is -0.0484. The van der Waals surface area contributed by atoms with E-state index in [1.165, 1.54) is 25.8 Å². The fourth-order valence-electron chi connectivity index (χ4n) is 2.22. The number of amides is 1. The topological polar surface area (TPSA) is 136 Å². The highest BCUT2D eigenvalue weighted by Crippen LogP contribution is 2.22. The van der Waals surface area contributed by atoms with E-state index in [9.17, 15) is 21.6 Å².